The van der Waals surface area contributed by atoms with Crippen molar-refractivity contribution in [2.24, 2.45) is 0 Å². The fraction of sp³-hybridized carbons (Fsp3) is 0.778. The van der Waals surface area contributed by atoms with Crippen molar-refractivity contribution in [2.45, 2.75) is 37.6 Å². The van der Waals surface area contributed by atoms with Gasteiger partial charge in [0.15, 0.2) is 0 Å². The van der Waals surface area contributed by atoms with Crippen molar-refractivity contribution in [1.29, 1.82) is 0 Å². The molecule has 2 atom stereocenters. The highest BCUT2D eigenvalue weighted by atomic mass is 16.4. The lowest BCUT2D eigenvalue weighted by Gasteiger charge is -2.39. The lowest BCUT2D eigenvalue weighted by molar-refractivity contribution is -0.144. The van der Waals surface area contributed by atoms with Gasteiger partial charge in [0.25, 0.3) is 0 Å². The molecular weight excluding hydrogens is 172 g/mol. The Morgan fingerprint density at radius 2 is 1.85 bits per heavy atom. The molecule has 0 heterocycles. The zero-order valence-corrected chi connectivity index (χ0v) is 7.64. The smallest absolute Gasteiger partial charge is 0.114 e. The molecule has 1 saturated carbocycles. The Kier molecular flexibility index (Phi) is 3.08. The van der Waals surface area contributed by atoms with Crippen LogP contribution in [0.3, 0.4) is 0 Å². The van der Waals surface area contributed by atoms with Crippen molar-refractivity contribution in [3.8, 4) is 0 Å². The van der Waals surface area contributed by atoms with E-state index in [1.165, 1.54) is 6.92 Å². The lowest BCUT2D eigenvalue weighted by Crippen LogP contribution is -2.52. The maximum Gasteiger partial charge on any atom is 0.114 e. The van der Waals surface area contributed by atoms with Crippen LogP contribution in [-0.2, 0) is 0 Å². The first-order chi connectivity index (χ1) is 5.98. The summed E-state index contributed by atoms with van der Waals surface area (Å²) in [4.78, 5) is 0. The Hall–Kier alpha value is -0.420. The topological polar surface area (TPSA) is 80.9 Å². The van der Waals surface area contributed by atoms with Crippen molar-refractivity contribution < 1.29 is 20.4 Å². The number of aliphatic hydroxyl groups is 4. The van der Waals surface area contributed by atoms with Gasteiger partial charge in [-0.15, -0.1) is 0 Å². The summed E-state index contributed by atoms with van der Waals surface area (Å²) in [5.74, 6) is 0. The van der Waals surface area contributed by atoms with Crippen LogP contribution >= 0.6 is 0 Å². The first-order valence-corrected chi connectivity index (χ1v) is 4.35. The van der Waals surface area contributed by atoms with Crippen LogP contribution < -0.4 is 0 Å². The molecule has 1 fully saturated rings. The Morgan fingerprint density at radius 1 is 1.38 bits per heavy atom. The summed E-state index contributed by atoms with van der Waals surface area (Å²) in [7, 11) is 0. The zero-order valence-electron chi connectivity index (χ0n) is 7.64. The molecule has 1 aliphatic rings. The summed E-state index contributed by atoms with van der Waals surface area (Å²) in [6.45, 7) is 1.31. The molecule has 0 aromatic rings. The Bertz CT molecular complexity index is 194. The van der Waals surface area contributed by atoms with Gasteiger partial charge in [-0.05, 0) is 19.8 Å². The number of hydrogen-bond donors (Lipinski definition) is 4. The average Bonchev–Trinajstić information content (AvgIpc) is 2.02. The monoisotopic (exact) mass is 188 g/mol. The quantitative estimate of drug-likeness (QED) is 0.405. The van der Waals surface area contributed by atoms with E-state index in [9.17, 15) is 15.3 Å². The molecule has 0 aromatic heterocycles. The normalized spacial score (nSPS) is 40.5. The largest absolute Gasteiger partial charge is 0.392 e. The van der Waals surface area contributed by atoms with E-state index in [0.717, 1.165) is 5.57 Å². The second-order valence-corrected chi connectivity index (χ2v) is 3.71. The van der Waals surface area contributed by atoms with Crippen LogP contribution in [0.1, 0.15) is 19.8 Å². The molecular formula is C9H16O4. The van der Waals surface area contributed by atoms with Crippen molar-refractivity contribution in [3.05, 3.63) is 11.6 Å². The van der Waals surface area contributed by atoms with E-state index in [2.05, 4.69) is 0 Å². The van der Waals surface area contributed by atoms with Crippen LogP contribution in [0.2, 0.25) is 0 Å². The fourth-order valence-electron chi connectivity index (χ4n) is 1.51. The Labute approximate surface area is 77.1 Å². The molecule has 0 saturated heterocycles. The van der Waals surface area contributed by atoms with E-state index >= 15 is 0 Å². The summed E-state index contributed by atoms with van der Waals surface area (Å²) in [6.07, 6.45) is 0.250. The van der Waals surface area contributed by atoms with Gasteiger partial charge in [0.05, 0.1) is 18.8 Å². The molecule has 0 aromatic carbocycles. The predicted octanol–water partition coefficient (Wildman–Crippen LogP) is -0.828. The van der Waals surface area contributed by atoms with Crippen LogP contribution in [0.4, 0.5) is 0 Å². The highest BCUT2D eigenvalue weighted by Gasteiger charge is 2.42. The SMILES string of the molecule is CC1(O)[C@H](O)CC(=CCO)C[C@H]1O. The molecule has 0 radical (unpaired) electrons. The van der Waals surface area contributed by atoms with Gasteiger partial charge in [0, 0.05) is 0 Å². The molecule has 1 aliphatic carbocycles. The van der Waals surface area contributed by atoms with Crippen LogP contribution in [0.5, 0.6) is 0 Å². The molecule has 1 rings (SSSR count). The second kappa shape index (κ2) is 3.75. The van der Waals surface area contributed by atoms with Gasteiger partial charge < -0.3 is 20.4 Å². The van der Waals surface area contributed by atoms with Crippen LogP contribution in [0, 0.1) is 0 Å². The van der Waals surface area contributed by atoms with Gasteiger partial charge in [-0.25, -0.2) is 0 Å². The van der Waals surface area contributed by atoms with E-state index in [1.54, 1.807) is 6.08 Å². The summed E-state index contributed by atoms with van der Waals surface area (Å²) in [6, 6.07) is 0. The third kappa shape index (κ3) is 2.08. The minimum absolute atomic E-state index is 0.100. The standard InChI is InChI=1S/C9H16O4/c1-9(13)7(11)4-6(2-3-10)5-8(9)12/h2,7-8,10-13H,3-5H2,1H3/t7-,8-,9?/m1/s1. The van der Waals surface area contributed by atoms with Crippen molar-refractivity contribution in [3.63, 3.8) is 0 Å². The molecule has 4 heteroatoms. The maximum absolute atomic E-state index is 9.61. The van der Waals surface area contributed by atoms with Gasteiger partial charge in [0.2, 0.25) is 0 Å². The highest BCUT2D eigenvalue weighted by Crippen LogP contribution is 2.31. The molecule has 4 N–H and O–H groups in total. The number of aliphatic hydroxyl groups excluding tert-OH is 3. The first-order valence-electron chi connectivity index (χ1n) is 4.35. The summed E-state index contributed by atoms with van der Waals surface area (Å²) >= 11 is 0. The summed E-state index contributed by atoms with van der Waals surface area (Å²) in [5, 5.41) is 37.2. The number of rotatable bonds is 1. The Morgan fingerprint density at radius 3 is 2.23 bits per heavy atom. The molecule has 13 heavy (non-hydrogen) atoms. The first kappa shape index (κ1) is 10.7. The van der Waals surface area contributed by atoms with Crippen LogP contribution in [0.15, 0.2) is 11.6 Å². The third-order valence-corrected chi connectivity index (χ3v) is 2.64. The van der Waals surface area contributed by atoms with Gasteiger partial charge in [-0.2, -0.15) is 0 Å². The van der Waals surface area contributed by atoms with Gasteiger partial charge in [-0.1, -0.05) is 11.6 Å². The van der Waals surface area contributed by atoms with Crippen LogP contribution in [-0.4, -0.2) is 44.8 Å². The van der Waals surface area contributed by atoms with E-state index in [4.69, 9.17) is 5.11 Å². The van der Waals surface area contributed by atoms with Gasteiger partial charge in [0.1, 0.15) is 5.60 Å². The van der Waals surface area contributed by atoms with Crippen molar-refractivity contribution >= 4 is 0 Å². The van der Waals surface area contributed by atoms with Gasteiger partial charge in [-0.3, -0.25) is 0 Å². The van der Waals surface area contributed by atoms with E-state index < -0.39 is 17.8 Å². The molecule has 0 amide bonds. The van der Waals surface area contributed by atoms with Crippen molar-refractivity contribution in [1.82, 2.24) is 0 Å². The van der Waals surface area contributed by atoms with E-state index in [0.29, 0.717) is 12.8 Å². The van der Waals surface area contributed by atoms with Crippen LogP contribution in [0.25, 0.3) is 0 Å². The molecule has 0 aliphatic heterocycles. The Balaban J connectivity index is 2.73. The summed E-state index contributed by atoms with van der Waals surface area (Å²) < 4.78 is 0. The number of hydrogen-bond acceptors (Lipinski definition) is 4. The second-order valence-electron chi connectivity index (χ2n) is 3.71. The molecule has 4 nitrogen and oxygen atoms in total. The lowest BCUT2D eigenvalue weighted by atomic mass is 9.78. The summed E-state index contributed by atoms with van der Waals surface area (Å²) in [5.41, 5.74) is -0.652. The van der Waals surface area contributed by atoms with Crippen molar-refractivity contribution in [2.75, 3.05) is 6.61 Å². The molecule has 0 unspecified atom stereocenters. The van der Waals surface area contributed by atoms with E-state index in [1.807, 2.05) is 0 Å². The minimum atomic E-state index is -1.44. The maximum atomic E-state index is 9.61. The molecule has 0 spiro atoms. The third-order valence-electron chi connectivity index (χ3n) is 2.64. The fourth-order valence-corrected chi connectivity index (χ4v) is 1.51. The van der Waals surface area contributed by atoms with Gasteiger partial charge >= 0.3 is 0 Å². The average molecular weight is 188 g/mol. The molecule has 0 bridgehead atoms. The zero-order chi connectivity index (χ0) is 10.1. The van der Waals surface area contributed by atoms with E-state index in [-0.39, 0.29) is 6.61 Å². The minimum Gasteiger partial charge on any atom is -0.392 e. The molecule has 76 valence electrons. The highest BCUT2D eigenvalue weighted by molar-refractivity contribution is 5.14. The predicted molar refractivity (Wildman–Crippen MR) is 47.0 cm³/mol.